The van der Waals surface area contributed by atoms with Crippen molar-refractivity contribution in [1.29, 1.82) is 0 Å². The second-order valence-electron chi connectivity index (χ2n) is 7.42. The van der Waals surface area contributed by atoms with Crippen LogP contribution in [0.25, 0.3) is 11.0 Å². The van der Waals surface area contributed by atoms with Crippen LogP contribution in [0.3, 0.4) is 0 Å². The van der Waals surface area contributed by atoms with Gasteiger partial charge in [-0.1, -0.05) is 64.5 Å². The molecular weight excluding hydrogens is 426 g/mol. The van der Waals surface area contributed by atoms with Gasteiger partial charge in [0.1, 0.15) is 5.82 Å². The monoisotopic (exact) mass is 445 g/mol. The Bertz CT molecular complexity index is 1190. The molecule has 1 unspecified atom stereocenters. The van der Waals surface area contributed by atoms with Crippen LogP contribution in [0.5, 0.6) is 0 Å². The molecule has 1 fully saturated rings. The molecule has 29 heavy (non-hydrogen) atoms. The highest BCUT2D eigenvalue weighted by atomic mass is 79.9. The third kappa shape index (κ3) is 3.47. The lowest BCUT2D eigenvalue weighted by Crippen LogP contribution is -2.24. The van der Waals surface area contributed by atoms with E-state index in [0.717, 1.165) is 33.6 Å². The molecule has 1 aliphatic rings. The molecule has 5 rings (SSSR count). The van der Waals surface area contributed by atoms with E-state index in [1.165, 1.54) is 5.56 Å². The van der Waals surface area contributed by atoms with Crippen molar-refractivity contribution < 1.29 is 4.79 Å². The van der Waals surface area contributed by atoms with Crippen molar-refractivity contribution in [3.8, 4) is 0 Å². The van der Waals surface area contributed by atoms with E-state index in [2.05, 4.69) is 50.8 Å². The van der Waals surface area contributed by atoms with Crippen LogP contribution in [-0.4, -0.2) is 22.0 Å². The highest BCUT2D eigenvalue weighted by molar-refractivity contribution is 9.10. The predicted octanol–water partition coefficient (Wildman–Crippen LogP) is 5.37. The number of benzene rings is 3. The van der Waals surface area contributed by atoms with Crippen LogP contribution in [0.2, 0.25) is 0 Å². The number of aromatic nitrogens is 2. The van der Waals surface area contributed by atoms with E-state index in [1.807, 2.05) is 53.4 Å². The predicted molar refractivity (Wildman–Crippen MR) is 119 cm³/mol. The van der Waals surface area contributed by atoms with Crippen molar-refractivity contribution in [3.05, 3.63) is 94.7 Å². The summed E-state index contributed by atoms with van der Waals surface area (Å²) < 4.78 is 3.25. The molecule has 4 nitrogen and oxygen atoms in total. The molecule has 1 amide bonds. The van der Waals surface area contributed by atoms with Gasteiger partial charge in [0.05, 0.1) is 11.0 Å². The lowest BCUT2D eigenvalue weighted by atomic mass is 10.1. The number of carbonyl (C=O) groups excluding carboxylic acids is 1. The maximum atomic E-state index is 12.8. The van der Waals surface area contributed by atoms with E-state index >= 15 is 0 Å². The van der Waals surface area contributed by atoms with Crippen LogP contribution in [0.15, 0.2) is 83.3 Å². The summed E-state index contributed by atoms with van der Waals surface area (Å²) in [5.74, 6) is 1.20. The highest BCUT2D eigenvalue weighted by Gasteiger charge is 2.34. The summed E-state index contributed by atoms with van der Waals surface area (Å²) in [6, 6.07) is 26.5. The van der Waals surface area contributed by atoms with Gasteiger partial charge < -0.3 is 9.47 Å². The molecule has 1 aromatic heterocycles. The summed E-state index contributed by atoms with van der Waals surface area (Å²) in [5.41, 5.74) is 4.24. The Hall–Kier alpha value is -2.92. The molecule has 4 aromatic rings. The number of halogens is 1. The van der Waals surface area contributed by atoms with Gasteiger partial charge in [0.25, 0.3) is 0 Å². The third-order valence-electron chi connectivity index (χ3n) is 5.48. The summed E-state index contributed by atoms with van der Waals surface area (Å²) in [4.78, 5) is 19.7. The van der Waals surface area contributed by atoms with Crippen molar-refractivity contribution in [2.75, 3.05) is 11.4 Å². The Kier molecular flexibility index (Phi) is 4.68. The van der Waals surface area contributed by atoms with E-state index in [-0.39, 0.29) is 11.8 Å². The number of hydrogen-bond donors (Lipinski definition) is 0. The molecule has 0 N–H and O–H groups in total. The van der Waals surface area contributed by atoms with Gasteiger partial charge in [-0.15, -0.1) is 0 Å². The van der Waals surface area contributed by atoms with Gasteiger partial charge in [-0.3, -0.25) is 4.79 Å². The highest BCUT2D eigenvalue weighted by Crippen LogP contribution is 2.34. The minimum Gasteiger partial charge on any atom is -0.323 e. The standard InChI is InChI=1S/C24H20BrN3O/c25-19-9-6-10-20(14-19)27-16-18(13-23(27)29)24-26-21-11-4-5-12-22(21)28(24)15-17-7-2-1-3-8-17/h1-12,14,18H,13,15-16H2. The molecule has 0 spiro atoms. The molecular formula is C24H20BrN3O. The number of nitrogens with zero attached hydrogens (tertiary/aromatic N) is 3. The number of para-hydroxylation sites is 2. The van der Waals surface area contributed by atoms with Crippen LogP contribution < -0.4 is 4.90 Å². The minimum atomic E-state index is 0.0672. The number of fused-ring (bicyclic) bond motifs is 1. The Morgan fingerprint density at radius 1 is 0.966 bits per heavy atom. The van der Waals surface area contributed by atoms with Crippen LogP contribution in [0.4, 0.5) is 5.69 Å². The van der Waals surface area contributed by atoms with Crippen LogP contribution >= 0.6 is 15.9 Å². The van der Waals surface area contributed by atoms with Crippen LogP contribution in [-0.2, 0) is 11.3 Å². The second kappa shape index (κ2) is 7.48. The Morgan fingerprint density at radius 2 is 1.76 bits per heavy atom. The molecule has 0 saturated carbocycles. The Morgan fingerprint density at radius 3 is 2.59 bits per heavy atom. The van der Waals surface area contributed by atoms with Crippen molar-refractivity contribution in [2.45, 2.75) is 18.9 Å². The van der Waals surface area contributed by atoms with E-state index in [1.54, 1.807) is 0 Å². The Labute approximate surface area is 177 Å². The molecule has 3 aromatic carbocycles. The first-order valence-corrected chi connectivity index (χ1v) is 10.5. The van der Waals surface area contributed by atoms with Gasteiger partial charge in [-0.25, -0.2) is 4.98 Å². The summed E-state index contributed by atoms with van der Waals surface area (Å²) >= 11 is 3.51. The summed E-state index contributed by atoms with van der Waals surface area (Å²) in [6.45, 7) is 1.39. The maximum Gasteiger partial charge on any atom is 0.227 e. The van der Waals surface area contributed by atoms with Gasteiger partial charge in [0, 0.05) is 35.6 Å². The first kappa shape index (κ1) is 18.1. The fraction of sp³-hybridized carbons (Fsp3) is 0.167. The number of hydrogen-bond acceptors (Lipinski definition) is 2. The number of carbonyl (C=O) groups is 1. The first-order chi connectivity index (χ1) is 14.2. The number of rotatable bonds is 4. The van der Waals surface area contributed by atoms with E-state index in [4.69, 9.17) is 4.98 Å². The van der Waals surface area contributed by atoms with Gasteiger partial charge >= 0.3 is 0 Å². The quantitative estimate of drug-likeness (QED) is 0.423. The number of amides is 1. The zero-order valence-electron chi connectivity index (χ0n) is 15.8. The van der Waals surface area contributed by atoms with E-state index < -0.39 is 0 Å². The van der Waals surface area contributed by atoms with Gasteiger partial charge in [-0.2, -0.15) is 0 Å². The van der Waals surface area contributed by atoms with E-state index in [9.17, 15) is 4.79 Å². The van der Waals surface area contributed by atoms with Crippen LogP contribution in [0.1, 0.15) is 23.7 Å². The third-order valence-corrected chi connectivity index (χ3v) is 5.97. The topological polar surface area (TPSA) is 38.1 Å². The Balaban J connectivity index is 1.53. The molecule has 1 aliphatic heterocycles. The SMILES string of the molecule is O=C1CC(c2nc3ccccc3n2Cc2ccccc2)CN1c1cccc(Br)c1. The zero-order valence-corrected chi connectivity index (χ0v) is 17.4. The first-order valence-electron chi connectivity index (χ1n) is 9.74. The molecule has 0 radical (unpaired) electrons. The van der Waals surface area contributed by atoms with Gasteiger partial charge in [0.15, 0.2) is 0 Å². The molecule has 5 heteroatoms. The average molecular weight is 446 g/mol. The van der Waals surface area contributed by atoms with Crippen molar-refractivity contribution in [2.24, 2.45) is 0 Å². The van der Waals surface area contributed by atoms with Crippen molar-refractivity contribution >= 4 is 38.6 Å². The molecule has 2 heterocycles. The molecule has 1 atom stereocenters. The van der Waals surface area contributed by atoms with Gasteiger partial charge in [-0.05, 0) is 35.9 Å². The van der Waals surface area contributed by atoms with Crippen molar-refractivity contribution in [3.63, 3.8) is 0 Å². The fourth-order valence-corrected chi connectivity index (χ4v) is 4.50. The molecule has 0 bridgehead atoms. The lowest BCUT2D eigenvalue weighted by Gasteiger charge is -2.18. The summed E-state index contributed by atoms with van der Waals surface area (Å²) in [7, 11) is 0. The molecule has 1 saturated heterocycles. The molecule has 144 valence electrons. The summed E-state index contributed by atoms with van der Waals surface area (Å²) in [5, 5.41) is 0. The number of imidazole rings is 1. The maximum absolute atomic E-state index is 12.8. The van der Waals surface area contributed by atoms with Gasteiger partial charge in [0.2, 0.25) is 5.91 Å². The van der Waals surface area contributed by atoms with E-state index in [0.29, 0.717) is 13.0 Å². The average Bonchev–Trinajstić information content (AvgIpc) is 3.30. The van der Waals surface area contributed by atoms with Crippen molar-refractivity contribution in [1.82, 2.24) is 9.55 Å². The largest absolute Gasteiger partial charge is 0.323 e. The fourth-order valence-electron chi connectivity index (χ4n) is 4.11. The normalized spacial score (nSPS) is 16.7. The number of anilines is 1. The van der Waals surface area contributed by atoms with Crippen LogP contribution in [0, 0.1) is 0 Å². The lowest BCUT2D eigenvalue weighted by molar-refractivity contribution is -0.117. The second-order valence-corrected chi connectivity index (χ2v) is 8.33. The molecule has 0 aliphatic carbocycles. The minimum absolute atomic E-state index is 0.0672. The smallest absolute Gasteiger partial charge is 0.227 e. The zero-order chi connectivity index (χ0) is 19.8. The summed E-state index contributed by atoms with van der Waals surface area (Å²) in [6.07, 6.45) is 0.477.